The maximum atomic E-state index is 12.1. The standard InChI is InChI=1S/C27H37ClO2S/c1-4-5-6-7-8-9-10-19-31-25-17-13-23(14-18-25)22-11-15-24(16-12-22)30-27(29)26(28)20-21(2)3/h11-18,21,26H,4-10,19-20H2,1-3H3/t26-/m0/s1. The molecular formula is C27H37ClO2S. The molecule has 0 heterocycles. The Hall–Kier alpha value is -1.45. The molecule has 31 heavy (non-hydrogen) atoms. The molecule has 0 bridgehead atoms. The third kappa shape index (κ3) is 10.1. The number of rotatable bonds is 14. The Kier molecular flexibility index (Phi) is 12.1. The van der Waals surface area contributed by atoms with E-state index < -0.39 is 5.38 Å². The van der Waals surface area contributed by atoms with E-state index in [1.165, 1.54) is 55.6 Å². The normalized spacial score (nSPS) is 12.2. The second-order valence-electron chi connectivity index (χ2n) is 8.54. The number of benzene rings is 2. The molecule has 0 aliphatic rings. The van der Waals surface area contributed by atoms with Gasteiger partial charge in [-0.3, -0.25) is 4.79 Å². The quantitative estimate of drug-likeness (QED) is 0.0925. The van der Waals surface area contributed by atoms with Crippen molar-refractivity contribution in [1.82, 2.24) is 0 Å². The Labute approximate surface area is 198 Å². The Bertz CT molecular complexity index is 756. The summed E-state index contributed by atoms with van der Waals surface area (Å²) in [5.41, 5.74) is 2.27. The fourth-order valence-corrected chi connectivity index (χ4v) is 4.71. The molecule has 1 atom stereocenters. The number of halogens is 1. The number of ether oxygens (including phenoxy) is 1. The molecule has 0 radical (unpaired) electrons. The van der Waals surface area contributed by atoms with Crippen molar-refractivity contribution in [1.29, 1.82) is 0 Å². The summed E-state index contributed by atoms with van der Waals surface area (Å²) in [5, 5.41) is -0.606. The van der Waals surface area contributed by atoms with Crippen molar-refractivity contribution >= 4 is 29.3 Å². The summed E-state index contributed by atoms with van der Waals surface area (Å²) in [6.45, 7) is 6.34. The van der Waals surface area contributed by atoms with E-state index in [0.717, 1.165) is 11.1 Å². The highest BCUT2D eigenvalue weighted by molar-refractivity contribution is 7.99. The second-order valence-corrected chi connectivity index (χ2v) is 10.2. The Morgan fingerprint density at radius 3 is 2.00 bits per heavy atom. The zero-order valence-electron chi connectivity index (χ0n) is 19.2. The van der Waals surface area contributed by atoms with E-state index in [1.54, 1.807) is 0 Å². The molecule has 2 rings (SSSR count). The van der Waals surface area contributed by atoms with Gasteiger partial charge in [-0.15, -0.1) is 23.4 Å². The Balaban J connectivity index is 1.76. The van der Waals surface area contributed by atoms with Crippen LogP contribution in [-0.4, -0.2) is 17.1 Å². The van der Waals surface area contributed by atoms with E-state index in [2.05, 4.69) is 31.2 Å². The molecular weight excluding hydrogens is 424 g/mol. The summed E-state index contributed by atoms with van der Waals surface area (Å²) in [6, 6.07) is 16.3. The van der Waals surface area contributed by atoms with Crippen molar-refractivity contribution < 1.29 is 9.53 Å². The monoisotopic (exact) mass is 460 g/mol. The SMILES string of the molecule is CCCCCCCCCSc1ccc(-c2ccc(OC(=O)[C@@H](Cl)CC(C)C)cc2)cc1. The average molecular weight is 461 g/mol. The first-order valence-corrected chi connectivity index (χ1v) is 13.1. The van der Waals surface area contributed by atoms with Crippen molar-refractivity contribution in [2.45, 2.75) is 82.4 Å². The maximum absolute atomic E-state index is 12.1. The van der Waals surface area contributed by atoms with Gasteiger partial charge < -0.3 is 4.74 Å². The van der Waals surface area contributed by atoms with Crippen LogP contribution < -0.4 is 4.74 Å². The molecule has 0 aliphatic carbocycles. The van der Waals surface area contributed by atoms with Gasteiger partial charge in [-0.05, 0) is 59.9 Å². The van der Waals surface area contributed by atoms with E-state index in [-0.39, 0.29) is 5.97 Å². The van der Waals surface area contributed by atoms with E-state index in [0.29, 0.717) is 18.1 Å². The molecule has 0 aromatic heterocycles. The molecule has 0 aliphatic heterocycles. The topological polar surface area (TPSA) is 26.3 Å². The molecule has 2 aromatic carbocycles. The summed E-state index contributed by atoms with van der Waals surface area (Å²) in [7, 11) is 0. The van der Waals surface area contributed by atoms with Gasteiger partial charge in [0.2, 0.25) is 0 Å². The molecule has 2 aromatic rings. The summed E-state index contributed by atoms with van der Waals surface area (Å²) >= 11 is 8.06. The van der Waals surface area contributed by atoms with Crippen LogP contribution in [-0.2, 0) is 4.79 Å². The van der Waals surface area contributed by atoms with Crippen LogP contribution >= 0.6 is 23.4 Å². The number of carbonyl (C=O) groups is 1. The van der Waals surface area contributed by atoms with Crippen LogP contribution in [0.3, 0.4) is 0 Å². The minimum Gasteiger partial charge on any atom is -0.425 e. The average Bonchev–Trinajstić information content (AvgIpc) is 2.76. The lowest BCUT2D eigenvalue weighted by molar-refractivity contribution is -0.134. The fraction of sp³-hybridized carbons (Fsp3) is 0.519. The van der Waals surface area contributed by atoms with E-state index >= 15 is 0 Å². The highest BCUT2D eigenvalue weighted by Crippen LogP contribution is 2.27. The molecule has 170 valence electrons. The van der Waals surface area contributed by atoms with Crippen molar-refractivity contribution in [3.63, 3.8) is 0 Å². The van der Waals surface area contributed by atoms with Gasteiger partial charge in [-0.1, -0.05) is 83.6 Å². The van der Waals surface area contributed by atoms with Gasteiger partial charge in [-0.2, -0.15) is 0 Å². The predicted molar refractivity (Wildman–Crippen MR) is 135 cm³/mol. The first kappa shape index (κ1) is 25.8. The largest absolute Gasteiger partial charge is 0.425 e. The lowest BCUT2D eigenvalue weighted by atomic mass is 10.1. The van der Waals surface area contributed by atoms with Crippen LogP contribution in [0.1, 0.15) is 72.1 Å². The van der Waals surface area contributed by atoms with Gasteiger partial charge in [0.25, 0.3) is 0 Å². The number of unbranched alkanes of at least 4 members (excludes halogenated alkanes) is 6. The summed E-state index contributed by atoms with van der Waals surface area (Å²) < 4.78 is 5.40. The lowest BCUT2D eigenvalue weighted by Gasteiger charge is -2.12. The van der Waals surface area contributed by atoms with Crippen LogP contribution in [0.2, 0.25) is 0 Å². The van der Waals surface area contributed by atoms with Gasteiger partial charge in [0, 0.05) is 4.90 Å². The van der Waals surface area contributed by atoms with Crippen LogP contribution in [0.25, 0.3) is 11.1 Å². The molecule has 2 nitrogen and oxygen atoms in total. The highest BCUT2D eigenvalue weighted by Gasteiger charge is 2.19. The number of hydrogen-bond acceptors (Lipinski definition) is 3. The third-order valence-corrected chi connectivity index (χ3v) is 6.67. The number of alkyl halides is 1. The molecule has 0 saturated heterocycles. The van der Waals surface area contributed by atoms with Gasteiger partial charge in [-0.25, -0.2) is 0 Å². The van der Waals surface area contributed by atoms with Gasteiger partial charge in [0.05, 0.1) is 0 Å². The first-order chi connectivity index (χ1) is 15.0. The number of esters is 1. The smallest absolute Gasteiger partial charge is 0.329 e. The Morgan fingerprint density at radius 2 is 1.42 bits per heavy atom. The van der Waals surface area contributed by atoms with Gasteiger partial charge in [0.15, 0.2) is 0 Å². The zero-order chi connectivity index (χ0) is 22.5. The molecule has 0 fully saturated rings. The van der Waals surface area contributed by atoms with Crippen molar-refractivity contribution in [2.24, 2.45) is 5.92 Å². The minimum absolute atomic E-state index is 0.356. The maximum Gasteiger partial charge on any atom is 0.329 e. The summed E-state index contributed by atoms with van der Waals surface area (Å²) in [4.78, 5) is 13.4. The van der Waals surface area contributed by atoms with Crippen LogP contribution in [0.4, 0.5) is 0 Å². The zero-order valence-corrected chi connectivity index (χ0v) is 20.8. The van der Waals surface area contributed by atoms with E-state index in [9.17, 15) is 4.79 Å². The summed E-state index contributed by atoms with van der Waals surface area (Å²) in [5.74, 6) is 1.69. The summed E-state index contributed by atoms with van der Waals surface area (Å²) in [6.07, 6.45) is 10.1. The number of hydrogen-bond donors (Lipinski definition) is 0. The molecule has 0 N–H and O–H groups in total. The van der Waals surface area contributed by atoms with Crippen LogP contribution in [0.5, 0.6) is 5.75 Å². The second kappa shape index (κ2) is 14.6. The van der Waals surface area contributed by atoms with E-state index in [1.807, 2.05) is 49.9 Å². The fourth-order valence-electron chi connectivity index (χ4n) is 3.40. The van der Waals surface area contributed by atoms with Crippen LogP contribution in [0.15, 0.2) is 53.4 Å². The molecule has 4 heteroatoms. The van der Waals surface area contributed by atoms with Crippen LogP contribution in [0, 0.1) is 5.92 Å². The van der Waals surface area contributed by atoms with Gasteiger partial charge >= 0.3 is 5.97 Å². The van der Waals surface area contributed by atoms with Gasteiger partial charge in [0.1, 0.15) is 11.1 Å². The highest BCUT2D eigenvalue weighted by atomic mass is 35.5. The first-order valence-electron chi connectivity index (χ1n) is 11.7. The van der Waals surface area contributed by atoms with Crippen molar-refractivity contribution in [3.05, 3.63) is 48.5 Å². The third-order valence-electron chi connectivity index (χ3n) is 5.21. The Morgan fingerprint density at radius 1 is 0.871 bits per heavy atom. The number of thioether (sulfide) groups is 1. The minimum atomic E-state index is -0.606. The molecule has 0 spiro atoms. The van der Waals surface area contributed by atoms with E-state index in [4.69, 9.17) is 16.3 Å². The number of carbonyl (C=O) groups excluding carboxylic acids is 1. The molecule has 0 amide bonds. The van der Waals surface area contributed by atoms with Crippen molar-refractivity contribution in [2.75, 3.05) is 5.75 Å². The molecule has 0 unspecified atom stereocenters. The molecule has 0 saturated carbocycles. The predicted octanol–water partition coefficient (Wildman–Crippen LogP) is 8.76. The van der Waals surface area contributed by atoms with Crippen molar-refractivity contribution in [3.8, 4) is 16.9 Å². The lowest BCUT2D eigenvalue weighted by Crippen LogP contribution is -2.22.